The van der Waals surface area contributed by atoms with E-state index in [4.69, 9.17) is 4.42 Å². The Morgan fingerprint density at radius 3 is 2.56 bits per heavy atom. The van der Waals surface area contributed by atoms with E-state index in [0.29, 0.717) is 24.3 Å². The van der Waals surface area contributed by atoms with E-state index >= 15 is 0 Å². The normalized spacial score (nSPS) is 26.3. The molecule has 0 unspecified atom stereocenters. The fourth-order valence-electron chi connectivity index (χ4n) is 7.10. The van der Waals surface area contributed by atoms with Gasteiger partial charge >= 0.3 is 0 Å². The molecule has 4 aliphatic carbocycles. The Morgan fingerprint density at radius 2 is 1.82 bits per heavy atom. The number of carbonyl (C=O) groups is 2. The van der Waals surface area contributed by atoms with Gasteiger partial charge in [-0.1, -0.05) is 12.1 Å². The Labute approximate surface area is 196 Å². The number of aromatic nitrogens is 1. The van der Waals surface area contributed by atoms with Gasteiger partial charge in [0.05, 0.1) is 12.1 Å². The summed E-state index contributed by atoms with van der Waals surface area (Å²) in [6.45, 7) is 2.20. The van der Waals surface area contributed by atoms with Gasteiger partial charge in [0.1, 0.15) is 22.9 Å². The fourth-order valence-corrected chi connectivity index (χ4v) is 7.10. The highest BCUT2D eigenvalue weighted by Gasteiger charge is 2.79. The lowest BCUT2D eigenvalue weighted by Crippen LogP contribution is -2.68. The van der Waals surface area contributed by atoms with E-state index in [2.05, 4.69) is 4.57 Å². The lowest BCUT2D eigenvalue weighted by atomic mass is 9.30. The minimum atomic E-state index is -0.286. The topological polar surface area (TPSA) is 52.2 Å². The Morgan fingerprint density at radius 1 is 1.03 bits per heavy atom. The van der Waals surface area contributed by atoms with Gasteiger partial charge in [-0.2, -0.15) is 0 Å². The van der Waals surface area contributed by atoms with Crippen LogP contribution in [-0.4, -0.2) is 16.1 Å². The number of furan rings is 1. The zero-order valence-electron chi connectivity index (χ0n) is 19.2. The van der Waals surface area contributed by atoms with Crippen LogP contribution >= 0.6 is 0 Å². The highest BCUT2D eigenvalue weighted by atomic mass is 19.1. The first kappa shape index (κ1) is 20.2. The summed E-state index contributed by atoms with van der Waals surface area (Å²) in [6, 6.07) is 14.3. The maximum absolute atomic E-state index is 13.7. The molecule has 8 rings (SSSR count). The van der Waals surface area contributed by atoms with Crippen LogP contribution in [0.5, 0.6) is 0 Å². The first-order valence-corrected chi connectivity index (χ1v) is 12.1. The van der Waals surface area contributed by atoms with Gasteiger partial charge in [0, 0.05) is 34.4 Å². The predicted octanol–water partition coefficient (Wildman–Crippen LogP) is 6.69. The molecule has 0 amide bonds. The molecule has 0 aliphatic heterocycles. The van der Waals surface area contributed by atoms with Gasteiger partial charge in [-0.15, -0.1) is 0 Å². The maximum atomic E-state index is 13.7. The average Bonchev–Trinajstić information content (AvgIpc) is 3.21. The maximum Gasteiger partial charge on any atom is 0.165 e. The second-order valence-corrected chi connectivity index (χ2v) is 11.1. The van der Waals surface area contributed by atoms with Crippen molar-refractivity contribution >= 4 is 33.4 Å². The van der Waals surface area contributed by atoms with Crippen LogP contribution in [0.1, 0.15) is 61.6 Å². The molecule has 0 atom stereocenters. The van der Waals surface area contributed by atoms with E-state index in [1.807, 2.05) is 36.5 Å². The van der Waals surface area contributed by atoms with Crippen molar-refractivity contribution in [2.24, 2.45) is 16.2 Å². The molecule has 4 aromatic rings. The first-order chi connectivity index (χ1) is 16.3. The van der Waals surface area contributed by atoms with Crippen LogP contribution in [0.15, 0.2) is 59.1 Å². The number of nitrogens with zero attached hydrogens (tertiary/aromatic N) is 1. The summed E-state index contributed by atoms with van der Waals surface area (Å²) in [6.07, 6.45) is 7.69. The van der Waals surface area contributed by atoms with Crippen LogP contribution in [0.25, 0.3) is 21.9 Å². The Bertz CT molecular complexity index is 1500. The summed E-state index contributed by atoms with van der Waals surface area (Å²) in [4.78, 5) is 25.7. The van der Waals surface area contributed by atoms with E-state index in [0.717, 1.165) is 59.7 Å². The van der Waals surface area contributed by atoms with Crippen LogP contribution in [-0.2, 0) is 11.3 Å². The molecule has 172 valence electrons. The summed E-state index contributed by atoms with van der Waals surface area (Å²) in [5, 5.41) is 1.76. The fraction of sp³-hybridized carbons (Fsp3) is 0.379. The van der Waals surface area contributed by atoms with Crippen LogP contribution in [0.3, 0.4) is 0 Å². The number of rotatable bonds is 7. The van der Waals surface area contributed by atoms with Crippen LogP contribution < -0.4 is 0 Å². The van der Waals surface area contributed by atoms with Crippen molar-refractivity contribution in [3.63, 3.8) is 0 Å². The van der Waals surface area contributed by atoms with Crippen molar-refractivity contribution < 1.29 is 18.4 Å². The number of benzene rings is 2. The number of Topliss-reactive ketones (excluding diaryl/α,β-unsaturated/α-hetero) is 2. The smallest absolute Gasteiger partial charge is 0.165 e. The SMILES string of the molecule is CC(=O)C12CC(C3(CC(=O)c4cccc5ccn(Cc6cc7cc(F)ccc7o6)c45)CC3)(C1)C2. The monoisotopic (exact) mass is 455 g/mol. The molecule has 2 heterocycles. The van der Waals surface area contributed by atoms with E-state index < -0.39 is 0 Å². The highest BCUT2D eigenvalue weighted by Crippen LogP contribution is 2.85. The molecule has 34 heavy (non-hydrogen) atoms. The van der Waals surface area contributed by atoms with Gasteiger partial charge in [0.25, 0.3) is 0 Å². The lowest BCUT2D eigenvalue weighted by Gasteiger charge is -2.73. The van der Waals surface area contributed by atoms with Gasteiger partial charge in [0.15, 0.2) is 5.78 Å². The second-order valence-electron chi connectivity index (χ2n) is 11.1. The third-order valence-corrected chi connectivity index (χ3v) is 9.20. The van der Waals surface area contributed by atoms with E-state index in [1.54, 1.807) is 13.0 Å². The molecular formula is C29H26FNO3. The summed E-state index contributed by atoms with van der Waals surface area (Å²) >= 11 is 0. The predicted molar refractivity (Wildman–Crippen MR) is 127 cm³/mol. The molecule has 4 aliphatic rings. The molecule has 2 aromatic heterocycles. The molecule has 0 spiro atoms. The quantitative estimate of drug-likeness (QED) is 0.292. The zero-order valence-corrected chi connectivity index (χ0v) is 19.2. The summed E-state index contributed by atoms with van der Waals surface area (Å²) in [7, 11) is 0. The molecular weight excluding hydrogens is 429 g/mol. The number of para-hydroxylation sites is 1. The zero-order chi connectivity index (χ0) is 23.3. The van der Waals surface area contributed by atoms with E-state index in [1.165, 1.54) is 12.1 Å². The number of halogens is 1. The number of ketones is 2. The minimum absolute atomic E-state index is 0.0666. The van der Waals surface area contributed by atoms with Crippen LogP contribution in [0.2, 0.25) is 0 Å². The first-order valence-electron chi connectivity index (χ1n) is 12.1. The molecule has 4 fully saturated rings. The summed E-state index contributed by atoms with van der Waals surface area (Å²) in [5.74, 6) is 0.956. The van der Waals surface area contributed by atoms with Gasteiger partial charge in [0.2, 0.25) is 0 Å². The van der Waals surface area contributed by atoms with Crippen molar-refractivity contribution in [1.82, 2.24) is 4.57 Å². The van der Waals surface area contributed by atoms with Crippen molar-refractivity contribution in [2.45, 2.75) is 52.0 Å². The lowest BCUT2D eigenvalue weighted by molar-refractivity contribution is -0.233. The molecule has 4 nitrogen and oxygen atoms in total. The number of hydrogen-bond acceptors (Lipinski definition) is 3. The van der Waals surface area contributed by atoms with Gasteiger partial charge in [-0.25, -0.2) is 4.39 Å². The Balaban J connectivity index is 1.18. The Kier molecular flexibility index (Phi) is 3.84. The number of hydrogen-bond donors (Lipinski definition) is 0. The van der Waals surface area contributed by atoms with Crippen LogP contribution in [0, 0.1) is 22.1 Å². The van der Waals surface area contributed by atoms with E-state index in [-0.39, 0.29) is 27.8 Å². The molecule has 2 bridgehead atoms. The highest BCUT2D eigenvalue weighted by molar-refractivity contribution is 6.07. The Hall–Kier alpha value is -3.21. The summed E-state index contributed by atoms with van der Waals surface area (Å²) in [5.41, 5.74) is 2.57. The number of fused-ring (bicyclic) bond motifs is 2. The van der Waals surface area contributed by atoms with Crippen LogP contribution in [0.4, 0.5) is 4.39 Å². The molecule has 0 saturated heterocycles. The van der Waals surface area contributed by atoms with Crippen molar-refractivity contribution in [3.8, 4) is 0 Å². The molecule has 4 saturated carbocycles. The molecule has 2 aromatic carbocycles. The third kappa shape index (κ3) is 2.64. The molecule has 0 radical (unpaired) electrons. The second kappa shape index (κ2) is 6.47. The van der Waals surface area contributed by atoms with Crippen molar-refractivity contribution in [1.29, 1.82) is 0 Å². The van der Waals surface area contributed by atoms with Gasteiger partial charge in [-0.05, 0) is 86.3 Å². The van der Waals surface area contributed by atoms with Crippen molar-refractivity contribution in [2.75, 3.05) is 0 Å². The molecule has 5 heteroatoms. The van der Waals surface area contributed by atoms with E-state index in [9.17, 15) is 14.0 Å². The average molecular weight is 456 g/mol. The summed E-state index contributed by atoms with van der Waals surface area (Å²) < 4.78 is 21.6. The third-order valence-electron chi connectivity index (χ3n) is 9.20. The van der Waals surface area contributed by atoms with Crippen molar-refractivity contribution in [3.05, 3.63) is 71.9 Å². The van der Waals surface area contributed by atoms with Gasteiger partial charge < -0.3 is 8.98 Å². The number of carbonyl (C=O) groups excluding carboxylic acids is 2. The van der Waals surface area contributed by atoms with Gasteiger partial charge in [-0.3, -0.25) is 9.59 Å². The standard InChI is InChI=1S/C29H26FNO3/c1-18(32)27-15-29(16-27,17-27)28(8-9-28)13-24(33)23-4-2-3-19-7-10-31(26(19)23)14-22-12-20-11-21(30)5-6-25(20)34-22/h2-7,10-12H,8-9,13-17H2,1H3. The largest absolute Gasteiger partial charge is 0.459 e. The molecule has 0 N–H and O–H groups in total. The minimum Gasteiger partial charge on any atom is -0.459 e.